The molecule has 0 bridgehead atoms. The Labute approximate surface area is 126 Å². The van der Waals surface area contributed by atoms with Gasteiger partial charge in [0.1, 0.15) is 0 Å². The number of piperidine rings is 1. The molecule has 0 spiro atoms. The van der Waals surface area contributed by atoms with Crippen molar-refractivity contribution < 1.29 is 0 Å². The zero-order valence-corrected chi connectivity index (χ0v) is 13.0. The van der Waals surface area contributed by atoms with Gasteiger partial charge in [0.25, 0.3) is 0 Å². The minimum absolute atomic E-state index is 0.748. The number of rotatable bonds is 5. The molecular formula is C15H22Cl2N2. The normalized spacial score (nSPS) is 17.8. The van der Waals surface area contributed by atoms with Crippen molar-refractivity contribution in [3.8, 4) is 0 Å². The predicted molar refractivity (Wildman–Crippen MR) is 83.0 cm³/mol. The summed E-state index contributed by atoms with van der Waals surface area (Å²) in [6.45, 7) is 7.76. The number of hydrogen-bond donors (Lipinski definition) is 1. The maximum Gasteiger partial charge on any atom is 0.0451 e. The Hall–Kier alpha value is -0.280. The molecule has 2 rings (SSSR count). The highest BCUT2D eigenvalue weighted by Crippen LogP contribution is 2.21. The van der Waals surface area contributed by atoms with Crippen LogP contribution in [0.4, 0.5) is 0 Å². The topological polar surface area (TPSA) is 15.3 Å². The fraction of sp³-hybridized carbons (Fsp3) is 0.600. The van der Waals surface area contributed by atoms with Gasteiger partial charge in [0.05, 0.1) is 0 Å². The lowest BCUT2D eigenvalue weighted by Crippen LogP contribution is -2.36. The van der Waals surface area contributed by atoms with E-state index in [2.05, 4.69) is 17.1 Å². The van der Waals surface area contributed by atoms with Gasteiger partial charge >= 0.3 is 0 Å². The summed E-state index contributed by atoms with van der Waals surface area (Å²) < 4.78 is 0. The standard InChI is InChI=1S/C15H22Cl2N2/c1-2-19-7-5-12(6-8-19)10-18-11-13-9-14(16)3-4-15(13)17/h3-4,9,12,18H,2,5-8,10-11H2,1H3. The van der Waals surface area contributed by atoms with Crippen molar-refractivity contribution in [1.29, 1.82) is 0 Å². The molecule has 0 saturated carbocycles. The van der Waals surface area contributed by atoms with Crippen LogP contribution in [0.2, 0.25) is 10.0 Å². The Bertz CT molecular complexity index is 401. The van der Waals surface area contributed by atoms with E-state index in [4.69, 9.17) is 23.2 Å². The van der Waals surface area contributed by atoms with E-state index in [1.165, 1.54) is 32.5 Å². The van der Waals surface area contributed by atoms with E-state index in [1.807, 2.05) is 18.2 Å². The van der Waals surface area contributed by atoms with Crippen LogP contribution in [-0.2, 0) is 6.54 Å². The van der Waals surface area contributed by atoms with Gasteiger partial charge in [0, 0.05) is 16.6 Å². The first-order valence-electron chi connectivity index (χ1n) is 7.06. The molecule has 1 aliphatic rings. The van der Waals surface area contributed by atoms with Crippen LogP contribution >= 0.6 is 23.2 Å². The summed E-state index contributed by atoms with van der Waals surface area (Å²) in [5, 5.41) is 5.05. The van der Waals surface area contributed by atoms with Crippen LogP contribution < -0.4 is 5.32 Å². The molecule has 0 unspecified atom stereocenters. The second-order valence-corrected chi connectivity index (χ2v) is 6.09. The summed E-state index contributed by atoms with van der Waals surface area (Å²) >= 11 is 12.1. The van der Waals surface area contributed by atoms with Gasteiger partial charge in [0.15, 0.2) is 0 Å². The highest BCUT2D eigenvalue weighted by Gasteiger charge is 2.17. The molecule has 0 radical (unpaired) electrons. The molecule has 1 saturated heterocycles. The van der Waals surface area contributed by atoms with Crippen molar-refractivity contribution in [3.63, 3.8) is 0 Å². The van der Waals surface area contributed by atoms with Crippen molar-refractivity contribution in [3.05, 3.63) is 33.8 Å². The molecule has 1 fully saturated rings. The van der Waals surface area contributed by atoms with Gasteiger partial charge in [-0.2, -0.15) is 0 Å². The number of nitrogens with zero attached hydrogens (tertiary/aromatic N) is 1. The molecule has 106 valence electrons. The molecule has 0 aliphatic carbocycles. The van der Waals surface area contributed by atoms with Gasteiger partial charge in [-0.15, -0.1) is 0 Å². The molecule has 2 nitrogen and oxygen atoms in total. The zero-order chi connectivity index (χ0) is 13.7. The van der Waals surface area contributed by atoms with Crippen LogP contribution in [-0.4, -0.2) is 31.1 Å². The minimum atomic E-state index is 0.748. The maximum atomic E-state index is 6.15. The Kier molecular flexibility index (Phi) is 5.96. The van der Waals surface area contributed by atoms with E-state index in [9.17, 15) is 0 Å². The van der Waals surface area contributed by atoms with Crippen molar-refractivity contribution in [2.24, 2.45) is 5.92 Å². The summed E-state index contributed by atoms with van der Waals surface area (Å²) in [5.41, 5.74) is 1.08. The van der Waals surface area contributed by atoms with Crippen LogP contribution in [0.3, 0.4) is 0 Å². The average molecular weight is 301 g/mol. The molecule has 1 aliphatic heterocycles. The van der Waals surface area contributed by atoms with Crippen LogP contribution in [0, 0.1) is 5.92 Å². The Morgan fingerprint density at radius 3 is 2.68 bits per heavy atom. The van der Waals surface area contributed by atoms with Crippen molar-refractivity contribution >= 4 is 23.2 Å². The highest BCUT2D eigenvalue weighted by atomic mass is 35.5. The summed E-state index contributed by atoms with van der Waals surface area (Å²) in [4.78, 5) is 2.52. The Morgan fingerprint density at radius 2 is 2.00 bits per heavy atom. The van der Waals surface area contributed by atoms with Crippen LogP contribution in [0.5, 0.6) is 0 Å². The molecule has 19 heavy (non-hydrogen) atoms. The van der Waals surface area contributed by atoms with E-state index in [0.29, 0.717) is 0 Å². The Balaban J connectivity index is 1.73. The first-order valence-corrected chi connectivity index (χ1v) is 7.81. The van der Waals surface area contributed by atoms with E-state index in [1.54, 1.807) is 0 Å². The number of nitrogens with one attached hydrogen (secondary N) is 1. The van der Waals surface area contributed by atoms with Gasteiger partial charge in [-0.1, -0.05) is 30.1 Å². The molecule has 0 amide bonds. The van der Waals surface area contributed by atoms with E-state index in [0.717, 1.165) is 34.6 Å². The smallest absolute Gasteiger partial charge is 0.0451 e. The number of likely N-dealkylation sites (tertiary alicyclic amines) is 1. The third-order valence-electron chi connectivity index (χ3n) is 3.91. The first-order chi connectivity index (χ1) is 9.19. The van der Waals surface area contributed by atoms with Crippen LogP contribution in [0.25, 0.3) is 0 Å². The fourth-order valence-corrected chi connectivity index (χ4v) is 2.98. The number of benzene rings is 1. The van der Waals surface area contributed by atoms with E-state index >= 15 is 0 Å². The summed E-state index contributed by atoms with van der Waals surface area (Å²) in [6.07, 6.45) is 2.59. The lowest BCUT2D eigenvalue weighted by Gasteiger charge is -2.31. The molecule has 0 atom stereocenters. The zero-order valence-electron chi connectivity index (χ0n) is 11.5. The van der Waals surface area contributed by atoms with Gasteiger partial charge in [-0.05, 0) is 68.7 Å². The minimum Gasteiger partial charge on any atom is -0.312 e. The van der Waals surface area contributed by atoms with E-state index < -0.39 is 0 Å². The summed E-state index contributed by atoms with van der Waals surface area (Å²) in [7, 11) is 0. The molecule has 4 heteroatoms. The van der Waals surface area contributed by atoms with Crippen molar-refractivity contribution in [2.45, 2.75) is 26.3 Å². The monoisotopic (exact) mass is 300 g/mol. The second kappa shape index (κ2) is 7.49. The molecule has 1 heterocycles. The highest BCUT2D eigenvalue weighted by molar-refractivity contribution is 6.33. The third kappa shape index (κ3) is 4.64. The molecule has 0 aromatic heterocycles. The van der Waals surface area contributed by atoms with Crippen LogP contribution in [0.1, 0.15) is 25.3 Å². The quantitative estimate of drug-likeness (QED) is 0.889. The average Bonchev–Trinajstić information content (AvgIpc) is 2.43. The predicted octanol–water partition coefficient (Wildman–Crippen LogP) is 3.81. The van der Waals surface area contributed by atoms with Gasteiger partial charge < -0.3 is 10.2 Å². The maximum absolute atomic E-state index is 6.15. The molecule has 1 aromatic carbocycles. The van der Waals surface area contributed by atoms with E-state index in [-0.39, 0.29) is 0 Å². The summed E-state index contributed by atoms with van der Waals surface area (Å²) in [6, 6.07) is 5.63. The molecule has 1 aromatic rings. The third-order valence-corrected chi connectivity index (χ3v) is 4.51. The lowest BCUT2D eigenvalue weighted by atomic mass is 9.97. The van der Waals surface area contributed by atoms with Gasteiger partial charge in [-0.25, -0.2) is 0 Å². The number of hydrogen-bond acceptors (Lipinski definition) is 2. The SMILES string of the molecule is CCN1CCC(CNCc2cc(Cl)ccc2Cl)CC1. The second-order valence-electron chi connectivity index (χ2n) is 5.24. The molecule has 1 N–H and O–H groups in total. The van der Waals surface area contributed by atoms with Gasteiger partial charge in [0.2, 0.25) is 0 Å². The van der Waals surface area contributed by atoms with Crippen LogP contribution in [0.15, 0.2) is 18.2 Å². The van der Waals surface area contributed by atoms with Gasteiger partial charge in [-0.3, -0.25) is 0 Å². The number of halogens is 2. The Morgan fingerprint density at radius 1 is 1.26 bits per heavy atom. The van der Waals surface area contributed by atoms with Crippen molar-refractivity contribution in [2.75, 3.05) is 26.2 Å². The largest absolute Gasteiger partial charge is 0.312 e. The van der Waals surface area contributed by atoms with Crippen molar-refractivity contribution in [1.82, 2.24) is 10.2 Å². The summed E-state index contributed by atoms with van der Waals surface area (Å²) in [5.74, 6) is 0.792. The fourth-order valence-electron chi connectivity index (χ4n) is 2.60. The first kappa shape index (κ1) is 15.1. The molecular weight excluding hydrogens is 279 g/mol. The lowest BCUT2D eigenvalue weighted by molar-refractivity contribution is 0.190.